The third kappa shape index (κ3) is 9.67. The van der Waals surface area contributed by atoms with Crippen molar-refractivity contribution in [1.82, 2.24) is 0 Å². The summed E-state index contributed by atoms with van der Waals surface area (Å²) in [6.07, 6.45) is 13.6. The summed E-state index contributed by atoms with van der Waals surface area (Å²) >= 11 is 0. The van der Waals surface area contributed by atoms with Gasteiger partial charge in [0, 0.05) is 11.6 Å². The lowest BCUT2D eigenvalue weighted by molar-refractivity contribution is 0.295. The van der Waals surface area contributed by atoms with Gasteiger partial charge in [-0.2, -0.15) is 0 Å². The lowest BCUT2D eigenvalue weighted by Gasteiger charge is -2.26. The topological polar surface area (TPSA) is 9.23 Å². The summed E-state index contributed by atoms with van der Waals surface area (Å²) in [4.78, 5) is 0. The zero-order valence-electron chi connectivity index (χ0n) is 19.3. The molecular formula is C26H45O. The van der Waals surface area contributed by atoms with Gasteiger partial charge in [0.1, 0.15) is 5.75 Å². The summed E-state index contributed by atoms with van der Waals surface area (Å²) in [5, 5.41) is 0. The molecule has 1 aromatic carbocycles. The van der Waals surface area contributed by atoms with Crippen LogP contribution in [0.3, 0.4) is 0 Å². The quantitative estimate of drug-likeness (QED) is 0.334. The molecule has 0 aliphatic rings. The van der Waals surface area contributed by atoms with Gasteiger partial charge in [-0.3, -0.25) is 0 Å². The summed E-state index contributed by atoms with van der Waals surface area (Å²) in [6, 6.07) is 8.03. The van der Waals surface area contributed by atoms with Crippen molar-refractivity contribution in [3.63, 3.8) is 0 Å². The molecule has 0 fully saturated rings. The molecule has 0 aliphatic heterocycles. The summed E-state index contributed by atoms with van der Waals surface area (Å²) in [5.74, 6) is 0.964. The van der Waals surface area contributed by atoms with Gasteiger partial charge in [-0.05, 0) is 22.8 Å². The first-order chi connectivity index (χ1) is 12.7. The lowest BCUT2D eigenvalue weighted by atomic mass is 9.81. The van der Waals surface area contributed by atoms with Crippen molar-refractivity contribution in [3.05, 3.63) is 29.3 Å². The van der Waals surface area contributed by atoms with E-state index in [-0.39, 0.29) is 10.8 Å². The molecule has 0 saturated heterocycles. The van der Waals surface area contributed by atoms with E-state index in [1.54, 1.807) is 0 Å². The first kappa shape index (κ1) is 24.1. The van der Waals surface area contributed by atoms with Gasteiger partial charge in [0.15, 0.2) is 0 Å². The molecule has 0 aromatic heterocycles. The maximum Gasteiger partial charge on any atom is 0.131 e. The molecule has 155 valence electrons. The first-order valence-corrected chi connectivity index (χ1v) is 11.4. The van der Waals surface area contributed by atoms with E-state index in [9.17, 15) is 0 Å². The Bertz CT molecular complexity index is 516. The van der Waals surface area contributed by atoms with E-state index in [2.05, 4.69) is 66.7 Å². The van der Waals surface area contributed by atoms with Crippen LogP contribution < -0.4 is 4.74 Å². The maximum atomic E-state index is 6.22. The molecule has 0 spiro atoms. The van der Waals surface area contributed by atoms with E-state index < -0.39 is 0 Å². The Morgan fingerprint density at radius 3 is 1.70 bits per heavy atom. The molecule has 0 saturated carbocycles. The van der Waals surface area contributed by atoms with Crippen molar-refractivity contribution in [2.75, 3.05) is 6.61 Å². The van der Waals surface area contributed by atoms with Crippen LogP contribution in [0.4, 0.5) is 0 Å². The van der Waals surface area contributed by atoms with Crippen LogP contribution in [0.5, 0.6) is 5.75 Å². The molecule has 0 bridgehead atoms. The number of hydrogen-bond donors (Lipinski definition) is 0. The first-order valence-electron chi connectivity index (χ1n) is 11.4. The normalized spacial score (nSPS) is 12.4. The lowest BCUT2D eigenvalue weighted by Crippen LogP contribution is -2.17. The average molecular weight is 374 g/mol. The van der Waals surface area contributed by atoms with Crippen LogP contribution >= 0.6 is 0 Å². The summed E-state index contributed by atoms with van der Waals surface area (Å²) in [6.45, 7) is 16.6. The molecule has 0 amide bonds. The Kier molecular flexibility index (Phi) is 10.5. The zero-order chi connectivity index (χ0) is 20.3. The number of rotatable bonds is 12. The molecule has 1 nitrogen and oxygen atoms in total. The number of ether oxygens (including phenoxy) is 1. The fourth-order valence-electron chi connectivity index (χ4n) is 3.38. The number of unbranched alkanes of at least 4 members (excludes halogenated alkanes) is 9. The minimum absolute atomic E-state index is 0.0834. The fraction of sp³-hybridized carbons (Fsp3) is 0.769. The number of hydrogen-bond acceptors (Lipinski definition) is 1. The highest BCUT2D eigenvalue weighted by molar-refractivity contribution is 5.42. The highest BCUT2D eigenvalue weighted by Gasteiger charge is 2.22. The second kappa shape index (κ2) is 11.8. The smallest absolute Gasteiger partial charge is 0.131 e. The molecule has 1 heteroatoms. The third-order valence-electron chi connectivity index (χ3n) is 5.27. The Labute approximate surface area is 170 Å². The van der Waals surface area contributed by atoms with Gasteiger partial charge in [0.05, 0.1) is 6.61 Å². The van der Waals surface area contributed by atoms with Crippen molar-refractivity contribution in [2.24, 2.45) is 0 Å². The van der Waals surface area contributed by atoms with Crippen LogP contribution in [-0.4, -0.2) is 6.61 Å². The van der Waals surface area contributed by atoms with Gasteiger partial charge < -0.3 is 4.74 Å². The molecule has 0 heterocycles. The van der Waals surface area contributed by atoms with Gasteiger partial charge in [-0.1, -0.05) is 118 Å². The summed E-state index contributed by atoms with van der Waals surface area (Å²) in [5.41, 5.74) is 2.68. The highest BCUT2D eigenvalue weighted by Crippen LogP contribution is 2.35. The molecule has 0 unspecified atom stereocenters. The van der Waals surface area contributed by atoms with Crippen LogP contribution in [0.15, 0.2) is 12.1 Å². The van der Waals surface area contributed by atoms with Gasteiger partial charge in [-0.25, -0.2) is 0 Å². The van der Waals surface area contributed by atoms with Crippen LogP contribution in [0, 0.1) is 6.07 Å². The Morgan fingerprint density at radius 1 is 0.704 bits per heavy atom. The molecule has 1 rings (SSSR count). The SMILES string of the molecule is CCCCCCCCCCCCOc1[c]c(C(C)(C)C)ccc1C(C)(C)C. The van der Waals surface area contributed by atoms with Crippen LogP contribution in [0.25, 0.3) is 0 Å². The fourth-order valence-corrected chi connectivity index (χ4v) is 3.38. The standard InChI is InChI=1S/C26H45O/c1-8-9-10-11-12-13-14-15-16-17-20-27-24-21-22(25(2,3)4)18-19-23(24)26(5,6)7/h18-19H,8-17,20H2,1-7H3. The molecule has 0 aliphatic carbocycles. The monoisotopic (exact) mass is 373 g/mol. The molecule has 0 atom stereocenters. The van der Waals surface area contributed by atoms with Crippen molar-refractivity contribution >= 4 is 0 Å². The summed E-state index contributed by atoms with van der Waals surface area (Å²) < 4.78 is 6.22. The van der Waals surface area contributed by atoms with E-state index in [1.165, 1.54) is 68.9 Å². The Hall–Kier alpha value is -0.980. The zero-order valence-corrected chi connectivity index (χ0v) is 19.3. The predicted octanol–water partition coefficient (Wildman–Crippen LogP) is 8.38. The Morgan fingerprint density at radius 2 is 1.22 bits per heavy atom. The van der Waals surface area contributed by atoms with E-state index in [4.69, 9.17) is 4.74 Å². The van der Waals surface area contributed by atoms with Crippen molar-refractivity contribution in [1.29, 1.82) is 0 Å². The van der Waals surface area contributed by atoms with Crippen molar-refractivity contribution < 1.29 is 4.74 Å². The molecular weight excluding hydrogens is 328 g/mol. The van der Waals surface area contributed by atoms with Gasteiger partial charge >= 0.3 is 0 Å². The van der Waals surface area contributed by atoms with E-state index in [1.807, 2.05) is 0 Å². The second-order valence-electron chi connectivity index (χ2n) is 10.1. The highest BCUT2D eigenvalue weighted by atomic mass is 16.5. The molecule has 0 N–H and O–H groups in total. The van der Waals surface area contributed by atoms with Crippen LogP contribution in [0.2, 0.25) is 0 Å². The van der Waals surface area contributed by atoms with E-state index in [0.717, 1.165) is 18.8 Å². The minimum Gasteiger partial charge on any atom is -0.493 e. The predicted molar refractivity (Wildman–Crippen MR) is 120 cm³/mol. The maximum absolute atomic E-state index is 6.22. The van der Waals surface area contributed by atoms with E-state index >= 15 is 0 Å². The van der Waals surface area contributed by atoms with Gasteiger partial charge in [0.25, 0.3) is 0 Å². The molecule has 1 aromatic rings. The average Bonchev–Trinajstić information content (AvgIpc) is 2.58. The molecule has 1 radical (unpaired) electrons. The number of benzene rings is 1. The van der Waals surface area contributed by atoms with Crippen molar-refractivity contribution in [3.8, 4) is 5.75 Å². The van der Waals surface area contributed by atoms with Gasteiger partial charge in [0.2, 0.25) is 0 Å². The van der Waals surface area contributed by atoms with Crippen LogP contribution in [-0.2, 0) is 10.8 Å². The Balaban J connectivity index is 2.38. The third-order valence-corrected chi connectivity index (χ3v) is 5.27. The summed E-state index contributed by atoms with van der Waals surface area (Å²) in [7, 11) is 0. The van der Waals surface area contributed by atoms with Crippen molar-refractivity contribution in [2.45, 2.75) is 124 Å². The van der Waals surface area contributed by atoms with Crippen LogP contribution in [0.1, 0.15) is 124 Å². The molecule has 27 heavy (non-hydrogen) atoms. The largest absolute Gasteiger partial charge is 0.493 e. The van der Waals surface area contributed by atoms with E-state index in [0.29, 0.717) is 0 Å². The second-order valence-corrected chi connectivity index (χ2v) is 10.1. The van der Waals surface area contributed by atoms with Gasteiger partial charge in [-0.15, -0.1) is 0 Å². The minimum atomic E-state index is 0.0834.